The lowest BCUT2D eigenvalue weighted by Crippen LogP contribution is -2.04. The molecular formula is C13H17ClN2OS. The molecule has 0 fully saturated rings. The molecule has 0 radical (unpaired) electrons. The van der Waals surface area contributed by atoms with E-state index in [1.165, 1.54) is 0 Å². The van der Waals surface area contributed by atoms with E-state index in [9.17, 15) is 5.11 Å². The van der Waals surface area contributed by atoms with Gasteiger partial charge in [0.1, 0.15) is 11.3 Å². The van der Waals surface area contributed by atoms with Gasteiger partial charge in [-0.15, -0.1) is 11.3 Å². The van der Waals surface area contributed by atoms with Crippen LogP contribution in [-0.4, -0.2) is 14.9 Å². The molecule has 18 heavy (non-hydrogen) atoms. The maximum atomic E-state index is 10.6. The van der Waals surface area contributed by atoms with Crippen molar-refractivity contribution in [2.75, 3.05) is 0 Å². The summed E-state index contributed by atoms with van der Waals surface area (Å²) in [5.74, 6) is 0.229. The molecule has 0 aliphatic heterocycles. The number of thiophene rings is 1. The zero-order chi connectivity index (χ0) is 13.4. The fourth-order valence-corrected chi connectivity index (χ4v) is 3.03. The molecule has 2 heterocycles. The molecule has 1 unspecified atom stereocenters. The van der Waals surface area contributed by atoms with Gasteiger partial charge in [0, 0.05) is 17.5 Å². The molecule has 2 aromatic heterocycles. The Morgan fingerprint density at radius 1 is 1.44 bits per heavy atom. The number of aliphatic hydroxyl groups excluding tert-OH is 1. The molecule has 3 nitrogen and oxygen atoms in total. The van der Waals surface area contributed by atoms with Gasteiger partial charge in [-0.2, -0.15) is 5.10 Å². The molecule has 0 saturated heterocycles. The van der Waals surface area contributed by atoms with Crippen LogP contribution in [0.5, 0.6) is 0 Å². The van der Waals surface area contributed by atoms with Crippen LogP contribution >= 0.6 is 22.9 Å². The van der Waals surface area contributed by atoms with E-state index in [0.29, 0.717) is 5.15 Å². The van der Waals surface area contributed by atoms with Crippen LogP contribution in [0, 0.1) is 6.92 Å². The maximum Gasteiger partial charge on any atom is 0.133 e. The highest BCUT2D eigenvalue weighted by molar-refractivity contribution is 7.10. The Balaban J connectivity index is 2.54. The van der Waals surface area contributed by atoms with Crippen LogP contribution < -0.4 is 0 Å². The minimum absolute atomic E-state index is 0.229. The van der Waals surface area contributed by atoms with E-state index in [1.54, 1.807) is 23.1 Å². The first kappa shape index (κ1) is 13.6. The summed E-state index contributed by atoms with van der Waals surface area (Å²) in [7, 11) is 1.80. The Bertz CT molecular complexity index is 559. The van der Waals surface area contributed by atoms with Crippen LogP contribution in [0.15, 0.2) is 11.4 Å². The summed E-state index contributed by atoms with van der Waals surface area (Å²) >= 11 is 7.89. The van der Waals surface area contributed by atoms with E-state index in [-0.39, 0.29) is 5.92 Å². The van der Waals surface area contributed by atoms with Crippen molar-refractivity contribution >= 4 is 22.9 Å². The van der Waals surface area contributed by atoms with Crippen LogP contribution in [0.3, 0.4) is 0 Å². The summed E-state index contributed by atoms with van der Waals surface area (Å²) < 4.78 is 1.62. The fourth-order valence-electron chi connectivity index (χ4n) is 2.05. The lowest BCUT2D eigenvalue weighted by molar-refractivity contribution is 0.218. The van der Waals surface area contributed by atoms with E-state index >= 15 is 0 Å². The number of halogens is 1. The molecule has 5 heteroatoms. The third kappa shape index (κ3) is 2.20. The van der Waals surface area contributed by atoms with Gasteiger partial charge in [-0.1, -0.05) is 25.4 Å². The molecule has 0 bridgehead atoms. The summed E-state index contributed by atoms with van der Waals surface area (Å²) in [6.45, 7) is 6.10. The second-order valence-electron chi connectivity index (χ2n) is 4.70. The number of aromatic nitrogens is 2. The highest BCUT2D eigenvalue weighted by atomic mass is 35.5. The van der Waals surface area contributed by atoms with Crippen molar-refractivity contribution in [1.29, 1.82) is 0 Å². The summed E-state index contributed by atoms with van der Waals surface area (Å²) in [6.07, 6.45) is -0.699. The Hall–Kier alpha value is -0.840. The third-order valence-electron chi connectivity index (χ3n) is 3.05. The number of hydrogen-bond donors (Lipinski definition) is 1. The standard InChI is InChI=1S/C13H17ClN2OS/c1-7(2)11-10(13(14)16(4)15-11)12(17)9-5-6-18-8(9)3/h5-7,12,17H,1-4H3. The number of nitrogens with zero attached hydrogens (tertiary/aromatic N) is 2. The van der Waals surface area contributed by atoms with Gasteiger partial charge in [0.2, 0.25) is 0 Å². The van der Waals surface area contributed by atoms with E-state index in [0.717, 1.165) is 21.7 Å². The normalized spacial score (nSPS) is 13.3. The van der Waals surface area contributed by atoms with E-state index in [4.69, 9.17) is 11.6 Å². The quantitative estimate of drug-likeness (QED) is 0.934. The van der Waals surface area contributed by atoms with E-state index < -0.39 is 6.10 Å². The first-order chi connectivity index (χ1) is 8.43. The first-order valence-electron chi connectivity index (χ1n) is 5.87. The van der Waals surface area contributed by atoms with E-state index in [2.05, 4.69) is 18.9 Å². The molecule has 2 rings (SSSR count). The maximum absolute atomic E-state index is 10.6. The van der Waals surface area contributed by atoms with Crippen molar-refractivity contribution in [3.63, 3.8) is 0 Å². The predicted octanol–water partition coefficient (Wildman–Crippen LogP) is 3.65. The minimum Gasteiger partial charge on any atom is -0.383 e. The number of aryl methyl sites for hydroxylation is 2. The summed E-state index contributed by atoms with van der Waals surface area (Å²) in [5.41, 5.74) is 2.51. The lowest BCUT2D eigenvalue weighted by atomic mass is 9.98. The predicted molar refractivity (Wildman–Crippen MR) is 75.4 cm³/mol. The number of aliphatic hydroxyl groups is 1. The Morgan fingerprint density at radius 2 is 2.11 bits per heavy atom. The topological polar surface area (TPSA) is 38.1 Å². The SMILES string of the molecule is Cc1sccc1C(O)c1c(C(C)C)nn(C)c1Cl. The number of hydrogen-bond acceptors (Lipinski definition) is 3. The van der Waals surface area contributed by atoms with Gasteiger partial charge < -0.3 is 5.11 Å². The summed E-state index contributed by atoms with van der Waals surface area (Å²) in [4.78, 5) is 1.11. The molecule has 2 aromatic rings. The van der Waals surface area contributed by atoms with Crippen LogP contribution in [0.25, 0.3) is 0 Å². The van der Waals surface area contributed by atoms with Crippen molar-refractivity contribution in [1.82, 2.24) is 9.78 Å². The smallest absolute Gasteiger partial charge is 0.133 e. The van der Waals surface area contributed by atoms with Crippen LogP contribution in [0.2, 0.25) is 5.15 Å². The Morgan fingerprint density at radius 3 is 2.61 bits per heavy atom. The molecule has 1 N–H and O–H groups in total. The van der Waals surface area contributed by atoms with Gasteiger partial charge in [0.25, 0.3) is 0 Å². The molecule has 0 saturated carbocycles. The average Bonchev–Trinajstić information content (AvgIpc) is 2.84. The minimum atomic E-state index is -0.699. The largest absolute Gasteiger partial charge is 0.383 e. The van der Waals surface area contributed by atoms with Crippen molar-refractivity contribution in [3.8, 4) is 0 Å². The van der Waals surface area contributed by atoms with Gasteiger partial charge in [0.15, 0.2) is 0 Å². The summed E-state index contributed by atoms with van der Waals surface area (Å²) in [6, 6.07) is 1.94. The highest BCUT2D eigenvalue weighted by Gasteiger charge is 2.25. The zero-order valence-electron chi connectivity index (χ0n) is 10.9. The van der Waals surface area contributed by atoms with Gasteiger partial charge in [-0.3, -0.25) is 4.68 Å². The highest BCUT2D eigenvalue weighted by Crippen LogP contribution is 2.36. The molecule has 0 amide bonds. The van der Waals surface area contributed by atoms with Crippen molar-refractivity contribution in [3.05, 3.63) is 38.3 Å². The first-order valence-corrected chi connectivity index (χ1v) is 7.13. The van der Waals surface area contributed by atoms with Gasteiger partial charge in [-0.25, -0.2) is 0 Å². The van der Waals surface area contributed by atoms with Crippen LogP contribution in [0.4, 0.5) is 0 Å². The van der Waals surface area contributed by atoms with Gasteiger partial charge >= 0.3 is 0 Å². The zero-order valence-corrected chi connectivity index (χ0v) is 12.5. The van der Waals surface area contributed by atoms with E-state index in [1.807, 2.05) is 18.4 Å². The van der Waals surface area contributed by atoms with Crippen molar-refractivity contribution < 1.29 is 5.11 Å². The van der Waals surface area contributed by atoms with Gasteiger partial charge in [-0.05, 0) is 29.9 Å². The second kappa shape index (κ2) is 5.03. The van der Waals surface area contributed by atoms with Gasteiger partial charge in [0.05, 0.1) is 5.69 Å². The fraction of sp³-hybridized carbons (Fsp3) is 0.462. The van der Waals surface area contributed by atoms with Crippen molar-refractivity contribution in [2.45, 2.75) is 32.8 Å². The molecule has 0 spiro atoms. The molecular weight excluding hydrogens is 268 g/mol. The van der Waals surface area contributed by atoms with Crippen LogP contribution in [0.1, 0.15) is 47.6 Å². The molecule has 0 aliphatic rings. The summed E-state index contributed by atoms with van der Waals surface area (Å²) in [5, 5.41) is 17.4. The average molecular weight is 285 g/mol. The molecule has 0 aliphatic carbocycles. The molecule has 0 aromatic carbocycles. The lowest BCUT2D eigenvalue weighted by Gasteiger charge is -2.13. The Kier molecular flexibility index (Phi) is 3.80. The monoisotopic (exact) mass is 284 g/mol. The molecule has 1 atom stereocenters. The Labute approximate surface area is 116 Å². The van der Waals surface area contributed by atoms with Crippen molar-refractivity contribution in [2.24, 2.45) is 7.05 Å². The number of rotatable bonds is 3. The van der Waals surface area contributed by atoms with Crippen LogP contribution in [-0.2, 0) is 7.05 Å². The third-order valence-corrected chi connectivity index (χ3v) is 4.36. The second-order valence-corrected chi connectivity index (χ2v) is 6.18. The molecule has 98 valence electrons.